The number of hydrogen-bond acceptors (Lipinski definition) is 1. The van der Waals surface area contributed by atoms with Gasteiger partial charge in [-0.2, -0.15) is 0 Å². The maximum Gasteiger partial charge on any atom is 0.0595 e. The molecular weight excluding hydrogens is 265 g/mol. The van der Waals surface area contributed by atoms with Gasteiger partial charge in [0.1, 0.15) is 0 Å². The second-order valence-electron chi connectivity index (χ2n) is 5.97. The van der Waals surface area contributed by atoms with Crippen LogP contribution >= 0.6 is 23.2 Å². The van der Waals surface area contributed by atoms with E-state index in [0.29, 0.717) is 21.5 Å². The molecule has 1 aromatic carbocycles. The lowest BCUT2D eigenvalue weighted by Crippen LogP contribution is -2.17. The molecule has 0 radical (unpaired) electrons. The molecule has 0 amide bonds. The SMILES string of the molecule is CNC(CCCC(C)(C)C)c1ccc(Cl)c(Cl)c1. The Labute approximate surface area is 121 Å². The Bertz CT molecular complexity index is 383. The smallest absolute Gasteiger partial charge is 0.0595 e. The molecule has 18 heavy (non-hydrogen) atoms. The molecular formula is C15H23Cl2N. The molecule has 102 valence electrons. The standard InChI is InChI=1S/C15H23Cl2N/c1-15(2,3)9-5-6-14(18-4)11-7-8-12(16)13(17)10-11/h7-8,10,14,18H,5-6,9H2,1-4H3. The van der Waals surface area contributed by atoms with E-state index >= 15 is 0 Å². The van der Waals surface area contributed by atoms with Crippen molar-refractivity contribution >= 4 is 23.2 Å². The molecule has 0 aliphatic rings. The normalized spacial score (nSPS) is 13.7. The Balaban J connectivity index is 2.63. The van der Waals surface area contributed by atoms with Crippen LogP contribution in [0, 0.1) is 5.41 Å². The van der Waals surface area contributed by atoms with Crippen molar-refractivity contribution in [3.05, 3.63) is 33.8 Å². The molecule has 0 aliphatic heterocycles. The van der Waals surface area contributed by atoms with Crippen LogP contribution < -0.4 is 5.32 Å². The highest BCUT2D eigenvalue weighted by Crippen LogP contribution is 2.29. The van der Waals surface area contributed by atoms with Crippen LogP contribution in [0.15, 0.2) is 18.2 Å². The average Bonchev–Trinajstić information content (AvgIpc) is 2.27. The topological polar surface area (TPSA) is 12.0 Å². The molecule has 1 atom stereocenters. The van der Waals surface area contributed by atoms with Gasteiger partial charge in [-0.1, -0.05) is 56.5 Å². The summed E-state index contributed by atoms with van der Waals surface area (Å²) < 4.78 is 0. The van der Waals surface area contributed by atoms with Gasteiger partial charge in [-0.25, -0.2) is 0 Å². The lowest BCUT2D eigenvalue weighted by molar-refractivity contribution is 0.347. The first-order chi connectivity index (χ1) is 8.33. The molecule has 0 aromatic heterocycles. The van der Waals surface area contributed by atoms with E-state index in [9.17, 15) is 0 Å². The Morgan fingerprint density at radius 3 is 2.33 bits per heavy atom. The lowest BCUT2D eigenvalue weighted by Gasteiger charge is -2.21. The first-order valence-corrected chi connectivity index (χ1v) is 7.21. The molecule has 0 heterocycles. The van der Waals surface area contributed by atoms with Crippen molar-refractivity contribution in [1.29, 1.82) is 0 Å². The van der Waals surface area contributed by atoms with E-state index in [1.165, 1.54) is 18.4 Å². The molecule has 1 rings (SSSR count). The van der Waals surface area contributed by atoms with Gasteiger partial charge in [-0.3, -0.25) is 0 Å². The van der Waals surface area contributed by atoms with Gasteiger partial charge in [-0.15, -0.1) is 0 Å². The van der Waals surface area contributed by atoms with Crippen LogP contribution in [0.1, 0.15) is 51.6 Å². The number of hydrogen-bond donors (Lipinski definition) is 1. The number of halogens is 2. The summed E-state index contributed by atoms with van der Waals surface area (Å²) in [5, 5.41) is 4.60. The monoisotopic (exact) mass is 287 g/mol. The third kappa shape index (κ3) is 5.17. The molecule has 3 heteroatoms. The molecule has 0 bridgehead atoms. The number of rotatable bonds is 5. The van der Waals surface area contributed by atoms with Crippen molar-refractivity contribution in [2.24, 2.45) is 5.41 Å². The summed E-state index contributed by atoms with van der Waals surface area (Å²) in [5.74, 6) is 0. The van der Waals surface area contributed by atoms with E-state index in [0.717, 1.165) is 6.42 Å². The minimum atomic E-state index is 0.349. The van der Waals surface area contributed by atoms with Gasteiger partial charge in [0.25, 0.3) is 0 Å². The van der Waals surface area contributed by atoms with Gasteiger partial charge in [-0.05, 0) is 43.0 Å². The molecule has 1 aromatic rings. The van der Waals surface area contributed by atoms with E-state index in [-0.39, 0.29) is 0 Å². The predicted octanol–water partition coefficient (Wildman–Crippen LogP) is 5.47. The zero-order chi connectivity index (χ0) is 13.8. The van der Waals surface area contributed by atoms with E-state index < -0.39 is 0 Å². The highest BCUT2D eigenvalue weighted by molar-refractivity contribution is 6.42. The highest BCUT2D eigenvalue weighted by Gasteiger charge is 2.14. The fourth-order valence-electron chi connectivity index (χ4n) is 2.04. The van der Waals surface area contributed by atoms with Gasteiger partial charge < -0.3 is 5.32 Å². The molecule has 0 aliphatic carbocycles. The van der Waals surface area contributed by atoms with Crippen LogP contribution in [-0.4, -0.2) is 7.05 Å². The van der Waals surface area contributed by atoms with Gasteiger partial charge >= 0.3 is 0 Å². The Hall–Kier alpha value is -0.240. The van der Waals surface area contributed by atoms with E-state index in [1.807, 2.05) is 25.2 Å². The van der Waals surface area contributed by atoms with Crippen molar-refractivity contribution in [2.75, 3.05) is 7.05 Å². The highest BCUT2D eigenvalue weighted by atomic mass is 35.5. The quantitative estimate of drug-likeness (QED) is 0.757. The molecule has 1 nitrogen and oxygen atoms in total. The molecule has 1 unspecified atom stereocenters. The van der Waals surface area contributed by atoms with Crippen LogP contribution in [0.5, 0.6) is 0 Å². The Morgan fingerprint density at radius 2 is 1.83 bits per heavy atom. The van der Waals surface area contributed by atoms with Crippen LogP contribution in [0.4, 0.5) is 0 Å². The minimum Gasteiger partial charge on any atom is -0.313 e. The van der Waals surface area contributed by atoms with Crippen molar-refractivity contribution in [2.45, 2.75) is 46.1 Å². The summed E-state index contributed by atoms with van der Waals surface area (Å²) in [6, 6.07) is 6.23. The van der Waals surface area contributed by atoms with E-state index in [2.05, 4.69) is 26.1 Å². The third-order valence-electron chi connectivity index (χ3n) is 3.11. The lowest BCUT2D eigenvalue weighted by atomic mass is 9.88. The first-order valence-electron chi connectivity index (χ1n) is 6.46. The van der Waals surface area contributed by atoms with E-state index in [4.69, 9.17) is 23.2 Å². The number of nitrogens with one attached hydrogen (secondary N) is 1. The number of benzene rings is 1. The fourth-order valence-corrected chi connectivity index (χ4v) is 2.35. The molecule has 1 N–H and O–H groups in total. The van der Waals surface area contributed by atoms with Crippen LogP contribution in [0.25, 0.3) is 0 Å². The van der Waals surface area contributed by atoms with Gasteiger partial charge in [0, 0.05) is 6.04 Å². The van der Waals surface area contributed by atoms with Crippen LogP contribution in [-0.2, 0) is 0 Å². The van der Waals surface area contributed by atoms with Gasteiger partial charge in [0.15, 0.2) is 0 Å². The second-order valence-corrected chi connectivity index (χ2v) is 6.78. The van der Waals surface area contributed by atoms with Crippen molar-refractivity contribution in [3.63, 3.8) is 0 Å². The summed E-state index contributed by atoms with van der Waals surface area (Å²) in [4.78, 5) is 0. The van der Waals surface area contributed by atoms with Gasteiger partial charge in [0.2, 0.25) is 0 Å². The predicted molar refractivity (Wildman–Crippen MR) is 81.6 cm³/mol. The van der Waals surface area contributed by atoms with Crippen molar-refractivity contribution in [1.82, 2.24) is 5.32 Å². The minimum absolute atomic E-state index is 0.349. The summed E-state index contributed by atoms with van der Waals surface area (Å²) in [6.07, 6.45) is 3.55. The van der Waals surface area contributed by atoms with Crippen molar-refractivity contribution < 1.29 is 0 Å². The molecule has 0 spiro atoms. The molecule has 0 fully saturated rings. The zero-order valence-electron chi connectivity index (χ0n) is 11.7. The summed E-state index contributed by atoms with van der Waals surface area (Å²) in [7, 11) is 1.99. The molecule has 0 saturated heterocycles. The van der Waals surface area contributed by atoms with Crippen LogP contribution in [0.2, 0.25) is 10.0 Å². The fraction of sp³-hybridized carbons (Fsp3) is 0.600. The van der Waals surface area contributed by atoms with E-state index in [1.54, 1.807) is 0 Å². The average molecular weight is 288 g/mol. The van der Waals surface area contributed by atoms with Gasteiger partial charge in [0.05, 0.1) is 10.0 Å². The zero-order valence-corrected chi connectivity index (χ0v) is 13.2. The van der Waals surface area contributed by atoms with Crippen molar-refractivity contribution in [3.8, 4) is 0 Å². The summed E-state index contributed by atoms with van der Waals surface area (Å²) in [6.45, 7) is 6.83. The summed E-state index contributed by atoms with van der Waals surface area (Å²) >= 11 is 12.0. The summed E-state index contributed by atoms with van der Waals surface area (Å²) in [5.41, 5.74) is 1.61. The Morgan fingerprint density at radius 1 is 1.17 bits per heavy atom. The maximum absolute atomic E-state index is 6.06. The third-order valence-corrected chi connectivity index (χ3v) is 3.85. The largest absolute Gasteiger partial charge is 0.313 e. The van der Waals surface area contributed by atoms with Crippen LogP contribution in [0.3, 0.4) is 0 Å². The first kappa shape index (κ1) is 15.8. The maximum atomic E-state index is 6.06. The Kier molecular flexibility index (Phi) is 5.97. The molecule has 0 saturated carbocycles. The second kappa shape index (κ2) is 6.79.